The number of hydrogen-bond acceptors (Lipinski definition) is 0. The van der Waals surface area contributed by atoms with Crippen molar-refractivity contribution in [2.45, 2.75) is 78.1 Å². The SMILES string of the molecule is CCCCc1ccc(CCC2=Cc3ccc(C(CC)CC)cc3C2)c2ccccc12. The van der Waals surface area contributed by atoms with Gasteiger partial charge in [0.1, 0.15) is 0 Å². The van der Waals surface area contributed by atoms with E-state index in [2.05, 4.69) is 81.4 Å². The van der Waals surface area contributed by atoms with Gasteiger partial charge < -0.3 is 0 Å². The highest BCUT2D eigenvalue weighted by Gasteiger charge is 2.16. The Kier molecular flexibility index (Phi) is 6.72. The molecule has 0 aliphatic heterocycles. The molecule has 0 bridgehead atoms. The molecule has 30 heavy (non-hydrogen) atoms. The lowest BCUT2D eigenvalue weighted by atomic mass is 9.91. The molecule has 1 aliphatic rings. The zero-order valence-electron chi connectivity index (χ0n) is 19.0. The topological polar surface area (TPSA) is 0 Å². The first-order valence-corrected chi connectivity index (χ1v) is 12.0. The molecule has 0 nitrogen and oxygen atoms in total. The lowest BCUT2D eigenvalue weighted by Crippen LogP contribution is -1.97. The highest BCUT2D eigenvalue weighted by molar-refractivity contribution is 5.88. The van der Waals surface area contributed by atoms with Crippen LogP contribution < -0.4 is 0 Å². The Morgan fingerprint density at radius 1 is 0.767 bits per heavy atom. The number of aryl methyl sites for hydroxylation is 2. The molecule has 0 unspecified atom stereocenters. The Labute approximate surface area is 183 Å². The molecule has 0 heteroatoms. The number of benzene rings is 3. The van der Waals surface area contributed by atoms with E-state index in [0.29, 0.717) is 5.92 Å². The monoisotopic (exact) mass is 396 g/mol. The second-order valence-electron chi connectivity index (χ2n) is 8.98. The molecule has 0 spiro atoms. The van der Waals surface area contributed by atoms with Crippen LogP contribution in [0.4, 0.5) is 0 Å². The molecular weight excluding hydrogens is 360 g/mol. The Morgan fingerprint density at radius 3 is 2.13 bits per heavy atom. The minimum atomic E-state index is 0.705. The predicted molar refractivity (Wildman–Crippen MR) is 132 cm³/mol. The van der Waals surface area contributed by atoms with E-state index < -0.39 is 0 Å². The van der Waals surface area contributed by atoms with Crippen molar-refractivity contribution in [2.24, 2.45) is 0 Å². The minimum absolute atomic E-state index is 0.705. The van der Waals surface area contributed by atoms with Gasteiger partial charge in [-0.1, -0.05) is 93.4 Å². The summed E-state index contributed by atoms with van der Waals surface area (Å²) >= 11 is 0. The quantitative estimate of drug-likeness (QED) is 0.339. The molecule has 0 saturated heterocycles. The van der Waals surface area contributed by atoms with Crippen LogP contribution in [0.2, 0.25) is 0 Å². The highest BCUT2D eigenvalue weighted by Crippen LogP contribution is 2.33. The molecule has 3 aromatic rings. The second-order valence-corrected chi connectivity index (χ2v) is 8.98. The van der Waals surface area contributed by atoms with E-state index in [1.54, 1.807) is 5.57 Å². The largest absolute Gasteiger partial charge is 0.0654 e. The molecule has 3 aromatic carbocycles. The fourth-order valence-corrected chi connectivity index (χ4v) is 5.13. The first-order valence-electron chi connectivity index (χ1n) is 12.0. The maximum Gasteiger partial charge on any atom is -0.00576 e. The van der Waals surface area contributed by atoms with Gasteiger partial charge in [0.2, 0.25) is 0 Å². The van der Waals surface area contributed by atoms with Gasteiger partial charge >= 0.3 is 0 Å². The smallest absolute Gasteiger partial charge is 0.00576 e. The average Bonchev–Trinajstić information content (AvgIpc) is 3.19. The van der Waals surface area contributed by atoms with Crippen molar-refractivity contribution >= 4 is 16.8 Å². The first kappa shape index (κ1) is 20.9. The summed E-state index contributed by atoms with van der Waals surface area (Å²) in [7, 11) is 0. The minimum Gasteiger partial charge on any atom is -0.0654 e. The van der Waals surface area contributed by atoms with E-state index in [1.165, 1.54) is 70.7 Å². The standard InChI is InChI=1S/C30H36/c1-4-7-10-24-15-16-25(30-12-9-8-11-29(24)30)14-13-22-19-26-17-18-27(21-28(26)20-22)23(5-2)6-3/h8-9,11-12,15-19,21,23H,4-7,10,13-14,20H2,1-3H3. The van der Waals surface area contributed by atoms with Gasteiger partial charge in [-0.15, -0.1) is 0 Å². The van der Waals surface area contributed by atoms with Crippen molar-refractivity contribution in [3.63, 3.8) is 0 Å². The van der Waals surface area contributed by atoms with E-state index >= 15 is 0 Å². The van der Waals surface area contributed by atoms with Crippen molar-refractivity contribution in [1.82, 2.24) is 0 Å². The van der Waals surface area contributed by atoms with Gasteiger partial charge in [0.05, 0.1) is 0 Å². The van der Waals surface area contributed by atoms with E-state index in [-0.39, 0.29) is 0 Å². The van der Waals surface area contributed by atoms with Crippen molar-refractivity contribution in [1.29, 1.82) is 0 Å². The summed E-state index contributed by atoms with van der Waals surface area (Å²) in [6.45, 7) is 6.89. The third-order valence-corrected chi connectivity index (χ3v) is 7.02. The number of allylic oxidation sites excluding steroid dienone is 1. The summed E-state index contributed by atoms with van der Waals surface area (Å²) in [5.74, 6) is 0.705. The van der Waals surface area contributed by atoms with Gasteiger partial charge in [-0.3, -0.25) is 0 Å². The van der Waals surface area contributed by atoms with Gasteiger partial charge in [-0.25, -0.2) is 0 Å². The molecule has 0 aromatic heterocycles. The number of fused-ring (bicyclic) bond motifs is 2. The van der Waals surface area contributed by atoms with Crippen molar-refractivity contribution in [2.75, 3.05) is 0 Å². The van der Waals surface area contributed by atoms with Crippen LogP contribution in [0.5, 0.6) is 0 Å². The molecule has 0 radical (unpaired) electrons. The molecule has 0 fully saturated rings. The molecule has 156 valence electrons. The van der Waals surface area contributed by atoms with Crippen LogP contribution in [0.15, 0.2) is 60.2 Å². The molecule has 0 saturated carbocycles. The first-order chi connectivity index (χ1) is 14.7. The van der Waals surface area contributed by atoms with Gasteiger partial charge in [-0.05, 0) is 89.5 Å². The number of rotatable bonds is 9. The average molecular weight is 397 g/mol. The number of unbranched alkanes of at least 4 members (excludes halogenated alkanes) is 1. The maximum atomic E-state index is 2.48. The maximum absolute atomic E-state index is 2.48. The highest BCUT2D eigenvalue weighted by atomic mass is 14.2. The Morgan fingerprint density at radius 2 is 1.47 bits per heavy atom. The van der Waals surface area contributed by atoms with E-state index in [4.69, 9.17) is 0 Å². The summed E-state index contributed by atoms with van der Waals surface area (Å²) in [5, 5.41) is 2.92. The van der Waals surface area contributed by atoms with Crippen LogP contribution in [-0.4, -0.2) is 0 Å². The molecule has 0 atom stereocenters. The van der Waals surface area contributed by atoms with Gasteiger partial charge in [0.15, 0.2) is 0 Å². The zero-order valence-corrected chi connectivity index (χ0v) is 19.0. The van der Waals surface area contributed by atoms with E-state index in [9.17, 15) is 0 Å². The third kappa shape index (κ3) is 4.38. The van der Waals surface area contributed by atoms with E-state index in [0.717, 1.165) is 19.3 Å². The van der Waals surface area contributed by atoms with Crippen LogP contribution in [0, 0.1) is 0 Å². The summed E-state index contributed by atoms with van der Waals surface area (Å²) < 4.78 is 0. The van der Waals surface area contributed by atoms with Crippen LogP contribution in [-0.2, 0) is 19.3 Å². The summed E-state index contributed by atoms with van der Waals surface area (Å²) in [6, 6.07) is 21.0. The summed E-state index contributed by atoms with van der Waals surface area (Å²) in [5.41, 5.74) is 9.11. The van der Waals surface area contributed by atoms with Gasteiger partial charge in [0, 0.05) is 0 Å². The molecule has 1 aliphatic carbocycles. The van der Waals surface area contributed by atoms with Crippen molar-refractivity contribution in [3.8, 4) is 0 Å². The summed E-state index contributed by atoms with van der Waals surface area (Å²) in [4.78, 5) is 0. The van der Waals surface area contributed by atoms with Crippen molar-refractivity contribution < 1.29 is 0 Å². The lowest BCUT2D eigenvalue weighted by Gasteiger charge is -2.14. The molecular formula is C30H36. The van der Waals surface area contributed by atoms with Crippen LogP contribution in [0.1, 0.15) is 86.6 Å². The Balaban J connectivity index is 1.48. The van der Waals surface area contributed by atoms with Crippen LogP contribution >= 0.6 is 0 Å². The normalized spacial score (nSPS) is 13.1. The third-order valence-electron chi connectivity index (χ3n) is 7.02. The Bertz CT molecular complexity index is 1030. The Hall–Kier alpha value is -2.34. The van der Waals surface area contributed by atoms with Gasteiger partial charge in [0.25, 0.3) is 0 Å². The molecule has 0 heterocycles. The van der Waals surface area contributed by atoms with Crippen LogP contribution in [0.25, 0.3) is 16.8 Å². The molecule has 0 amide bonds. The summed E-state index contributed by atoms with van der Waals surface area (Å²) in [6.07, 6.45) is 12.1. The zero-order chi connectivity index (χ0) is 20.9. The predicted octanol–water partition coefficient (Wildman–Crippen LogP) is 8.66. The van der Waals surface area contributed by atoms with E-state index in [1.807, 2.05) is 0 Å². The molecule has 0 N–H and O–H groups in total. The second kappa shape index (κ2) is 9.65. The van der Waals surface area contributed by atoms with Crippen molar-refractivity contribution in [3.05, 3.63) is 88.0 Å². The lowest BCUT2D eigenvalue weighted by molar-refractivity contribution is 0.641. The van der Waals surface area contributed by atoms with Gasteiger partial charge in [-0.2, -0.15) is 0 Å². The fourth-order valence-electron chi connectivity index (χ4n) is 5.13. The molecule has 4 rings (SSSR count). The van der Waals surface area contributed by atoms with Crippen LogP contribution in [0.3, 0.4) is 0 Å². The fraction of sp³-hybridized carbons (Fsp3) is 0.400. The number of hydrogen-bond donors (Lipinski definition) is 0.